The van der Waals surface area contributed by atoms with Gasteiger partial charge in [-0.25, -0.2) is 9.98 Å². The molecule has 4 rings (SSSR count). The maximum Gasteiger partial charge on any atom is 0.264 e. The van der Waals surface area contributed by atoms with Crippen LogP contribution in [0, 0.1) is 20.8 Å². The third-order valence-electron chi connectivity index (χ3n) is 4.04. The van der Waals surface area contributed by atoms with Crippen LogP contribution in [-0.2, 0) is 4.79 Å². The summed E-state index contributed by atoms with van der Waals surface area (Å²) in [6, 6.07) is 11.7. The van der Waals surface area contributed by atoms with Gasteiger partial charge in [0.25, 0.3) is 5.91 Å². The number of aliphatic imine (C=N–C) groups is 1. The highest BCUT2D eigenvalue weighted by Gasteiger charge is 2.24. The monoisotopic (exact) mass is 363 g/mol. The van der Waals surface area contributed by atoms with Crippen molar-refractivity contribution in [3.05, 3.63) is 63.9 Å². The number of fused-ring (bicyclic) bond motifs is 1. The lowest BCUT2D eigenvalue weighted by atomic mass is 10.1. The zero-order valence-corrected chi connectivity index (χ0v) is 15.5. The molecule has 1 aromatic heterocycles. The van der Waals surface area contributed by atoms with Gasteiger partial charge in [0, 0.05) is 6.92 Å². The van der Waals surface area contributed by atoms with Gasteiger partial charge >= 0.3 is 0 Å². The molecule has 1 saturated heterocycles. The fourth-order valence-corrected chi connectivity index (χ4v) is 3.65. The first kappa shape index (κ1) is 16.6. The molecule has 5 nitrogen and oxygen atoms in total. The minimum absolute atomic E-state index is 0.146. The van der Waals surface area contributed by atoms with E-state index < -0.39 is 0 Å². The SMILES string of the molecule is Cc1ccc(N=C2NC(=O)C(=Cc3ccc4nc(C)oc4c3)S2)c(C)c1. The summed E-state index contributed by atoms with van der Waals surface area (Å²) in [5.41, 5.74) is 5.54. The second-order valence-electron chi connectivity index (χ2n) is 6.23. The summed E-state index contributed by atoms with van der Waals surface area (Å²) >= 11 is 1.34. The van der Waals surface area contributed by atoms with Gasteiger partial charge in [0.2, 0.25) is 0 Å². The number of rotatable bonds is 2. The van der Waals surface area contributed by atoms with Crippen LogP contribution >= 0.6 is 11.8 Å². The highest BCUT2D eigenvalue weighted by atomic mass is 32.2. The molecule has 26 heavy (non-hydrogen) atoms. The fourth-order valence-electron chi connectivity index (χ4n) is 2.82. The number of carbonyl (C=O) groups excluding carboxylic acids is 1. The van der Waals surface area contributed by atoms with E-state index in [1.807, 2.05) is 57.2 Å². The van der Waals surface area contributed by atoms with Gasteiger partial charge in [0.05, 0.1) is 10.6 Å². The summed E-state index contributed by atoms with van der Waals surface area (Å²) < 4.78 is 5.55. The van der Waals surface area contributed by atoms with Crippen molar-refractivity contribution < 1.29 is 9.21 Å². The standard InChI is InChI=1S/C20H17N3O2S/c1-11-4-6-15(12(2)8-11)22-20-23-19(24)18(26-20)10-14-5-7-16-17(9-14)25-13(3)21-16/h4-10H,1-3H3,(H,22,23,24). The number of aromatic nitrogens is 1. The van der Waals surface area contributed by atoms with Crippen molar-refractivity contribution in [1.29, 1.82) is 0 Å². The van der Waals surface area contributed by atoms with Crippen LogP contribution in [0.25, 0.3) is 17.2 Å². The Morgan fingerprint density at radius 3 is 2.81 bits per heavy atom. The van der Waals surface area contributed by atoms with Crippen LogP contribution in [-0.4, -0.2) is 16.1 Å². The maximum atomic E-state index is 12.3. The van der Waals surface area contributed by atoms with E-state index >= 15 is 0 Å². The van der Waals surface area contributed by atoms with Crippen molar-refractivity contribution in [3.63, 3.8) is 0 Å². The van der Waals surface area contributed by atoms with Gasteiger partial charge in [-0.3, -0.25) is 4.79 Å². The summed E-state index contributed by atoms with van der Waals surface area (Å²) in [6.45, 7) is 5.87. The first-order chi connectivity index (χ1) is 12.5. The lowest BCUT2D eigenvalue weighted by Crippen LogP contribution is -2.19. The summed E-state index contributed by atoms with van der Waals surface area (Å²) in [4.78, 5) is 21.7. The smallest absolute Gasteiger partial charge is 0.264 e. The number of carbonyl (C=O) groups is 1. The molecule has 3 aromatic rings. The molecule has 0 atom stereocenters. The highest BCUT2D eigenvalue weighted by Crippen LogP contribution is 2.30. The minimum Gasteiger partial charge on any atom is -0.441 e. The molecule has 1 amide bonds. The Balaban J connectivity index is 1.62. The van der Waals surface area contributed by atoms with Crippen LogP contribution in [0.2, 0.25) is 0 Å². The molecule has 0 spiro atoms. The number of oxazole rings is 1. The van der Waals surface area contributed by atoms with Gasteiger partial charge in [-0.1, -0.05) is 23.8 Å². The Morgan fingerprint density at radius 2 is 2.00 bits per heavy atom. The topological polar surface area (TPSA) is 67.5 Å². The van der Waals surface area contributed by atoms with E-state index in [2.05, 4.69) is 21.4 Å². The Hall–Kier alpha value is -2.86. The Morgan fingerprint density at radius 1 is 1.15 bits per heavy atom. The molecule has 1 N–H and O–H groups in total. The molecule has 2 heterocycles. The highest BCUT2D eigenvalue weighted by molar-refractivity contribution is 8.18. The molecule has 0 bridgehead atoms. The summed E-state index contributed by atoms with van der Waals surface area (Å²) in [7, 11) is 0. The van der Waals surface area contributed by atoms with Crippen molar-refractivity contribution in [2.75, 3.05) is 0 Å². The van der Waals surface area contributed by atoms with Gasteiger partial charge in [-0.15, -0.1) is 0 Å². The van der Waals surface area contributed by atoms with Crippen molar-refractivity contribution in [2.45, 2.75) is 20.8 Å². The van der Waals surface area contributed by atoms with Gasteiger partial charge in [-0.05, 0) is 61.0 Å². The van der Waals surface area contributed by atoms with Crippen LogP contribution in [0.5, 0.6) is 0 Å². The van der Waals surface area contributed by atoms with Crippen molar-refractivity contribution >= 4 is 45.7 Å². The van der Waals surface area contributed by atoms with E-state index in [1.165, 1.54) is 17.3 Å². The lowest BCUT2D eigenvalue weighted by Gasteiger charge is -2.02. The summed E-state index contributed by atoms with van der Waals surface area (Å²) in [5.74, 6) is 0.480. The largest absolute Gasteiger partial charge is 0.441 e. The zero-order valence-electron chi connectivity index (χ0n) is 14.7. The molecule has 2 aromatic carbocycles. The van der Waals surface area contributed by atoms with E-state index in [-0.39, 0.29) is 5.91 Å². The van der Waals surface area contributed by atoms with Gasteiger partial charge in [0.15, 0.2) is 16.6 Å². The average Bonchev–Trinajstić information content (AvgIpc) is 3.11. The van der Waals surface area contributed by atoms with Gasteiger partial charge in [-0.2, -0.15) is 0 Å². The molecule has 0 radical (unpaired) electrons. The van der Waals surface area contributed by atoms with E-state index in [4.69, 9.17) is 4.42 Å². The third-order valence-corrected chi connectivity index (χ3v) is 4.95. The number of nitrogens with one attached hydrogen (secondary N) is 1. The molecule has 0 aliphatic carbocycles. The molecule has 6 heteroatoms. The van der Waals surface area contributed by atoms with Crippen LogP contribution in [0.1, 0.15) is 22.6 Å². The quantitative estimate of drug-likeness (QED) is 0.673. The summed E-state index contributed by atoms with van der Waals surface area (Å²) in [6.07, 6.45) is 1.84. The van der Waals surface area contributed by atoms with Gasteiger partial charge in [0.1, 0.15) is 5.52 Å². The van der Waals surface area contributed by atoms with Crippen LogP contribution in [0.4, 0.5) is 5.69 Å². The molecule has 1 fully saturated rings. The van der Waals surface area contributed by atoms with Crippen LogP contribution < -0.4 is 5.32 Å². The average molecular weight is 363 g/mol. The number of hydrogen-bond donors (Lipinski definition) is 1. The fraction of sp³-hybridized carbons (Fsp3) is 0.150. The predicted octanol–water partition coefficient (Wildman–Crippen LogP) is 4.64. The Bertz CT molecular complexity index is 1100. The van der Waals surface area contributed by atoms with E-state index in [0.717, 1.165) is 22.3 Å². The second kappa shape index (κ2) is 6.46. The van der Waals surface area contributed by atoms with E-state index in [0.29, 0.717) is 21.5 Å². The molecule has 0 unspecified atom stereocenters. The van der Waals surface area contributed by atoms with E-state index in [9.17, 15) is 4.79 Å². The zero-order chi connectivity index (χ0) is 18.3. The summed E-state index contributed by atoms with van der Waals surface area (Å²) in [5, 5.41) is 3.41. The number of amides is 1. The van der Waals surface area contributed by atoms with Crippen molar-refractivity contribution in [3.8, 4) is 0 Å². The van der Waals surface area contributed by atoms with E-state index in [1.54, 1.807) is 0 Å². The second-order valence-corrected chi connectivity index (χ2v) is 7.26. The van der Waals surface area contributed by atoms with Crippen LogP contribution in [0.3, 0.4) is 0 Å². The first-order valence-corrected chi connectivity index (χ1v) is 9.03. The number of benzene rings is 2. The van der Waals surface area contributed by atoms with Crippen molar-refractivity contribution in [1.82, 2.24) is 10.3 Å². The normalized spacial score (nSPS) is 17.4. The first-order valence-electron chi connectivity index (χ1n) is 8.22. The number of thioether (sulfide) groups is 1. The molecule has 130 valence electrons. The van der Waals surface area contributed by atoms with Crippen LogP contribution in [0.15, 0.2) is 50.7 Å². The lowest BCUT2D eigenvalue weighted by molar-refractivity contribution is -0.115. The van der Waals surface area contributed by atoms with Crippen molar-refractivity contribution in [2.24, 2.45) is 4.99 Å². The molecular formula is C20H17N3O2S. The Kier molecular flexibility index (Phi) is 4.12. The maximum absolute atomic E-state index is 12.3. The minimum atomic E-state index is -0.146. The predicted molar refractivity (Wildman–Crippen MR) is 105 cm³/mol. The number of nitrogens with zero attached hydrogens (tertiary/aromatic N) is 2. The Labute approximate surface area is 155 Å². The molecule has 0 saturated carbocycles. The molecule has 1 aliphatic heterocycles. The molecular weight excluding hydrogens is 346 g/mol. The number of aryl methyl sites for hydroxylation is 3. The third kappa shape index (κ3) is 3.28. The molecule has 1 aliphatic rings. The van der Waals surface area contributed by atoms with Gasteiger partial charge < -0.3 is 9.73 Å². The number of hydrogen-bond acceptors (Lipinski definition) is 5. The number of amidine groups is 1.